The number of likely N-dealkylation sites (N-methyl/N-ethyl adjacent to an activating group) is 1. The van der Waals surface area contributed by atoms with E-state index in [1.807, 2.05) is 0 Å². The molecule has 1 saturated heterocycles. The van der Waals surface area contributed by atoms with Crippen LogP contribution in [-0.2, 0) is 19.8 Å². The van der Waals surface area contributed by atoms with Crippen molar-refractivity contribution in [3.8, 4) is 23.0 Å². The van der Waals surface area contributed by atoms with Gasteiger partial charge in [-0.25, -0.2) is 14.4 Å². The summed E-state index contributed by atoms with van der Waals surface area (Å²) in [6.07, 6.45) is -3.00. The summed E-state index contributed by atoms with van der Waals surface area (Å²) in [5.41, 5.74) is 0.423. The first-order chi connectivity index (χ1) is 20.7. The van der Waals surface area contributed by atoms with Crippen LogP contribution in [0.1, 0.15) is 18.3 Å². The summed E-state index contributed by atoms with van der Waals surface area (Å²) >= 11 is 0. The Balaban J connectivity index is 1.16. The fourth-order valence-corrected chi connectivity index (χ4v) is 4.96. The highest BCUT2D eigenvalue weighted by molar-refractivity contribution is 5.81. The molecule has 6 rings (SSSR count). The van der Waals surface area contributed by atoms with Crippen LogP contribution in [0.3, 0.4) is 0 Å². The van der Waals surface area contributed by atoms with Crippen molar-refractivity contribution in [3.63, 3.8) is 0 Å². The zero-order valence-corrected chi connectivity index (χ0v) is 23.5. The van der Waals surface area contributed by atoms with Gasteiger partial charge in [0.2, 0.25) is 5.95 Å². The molecule has 4 heterocycles. The smallest absolute Gasteiger partial charge is 0.416 e. The van der Waals surface area contributed by atoms with E-state index >= 15 is 0 Å². The van der Waals surface area contributed by atoms with Gasteiger partial charge in [0.05, 0.1) is 28.8 Å². The predicted octanol–water partition coefficient (Wildman–Crippen LogP) is 5.58. The number of hydrogen-bond acceptors (Lipinski definition) is 8. The number of anilines is 2. The first-order valence-corrected chi connectivity index (χ1v) is 13.8. The van der Waals surface area contributed by atoms with Gasteiger partial charge in [0.1, 0.15) is 28.8 Å². The lowest BCUT2D eigenvalue weighted by atomic mass is 10.2. The van der Waals surface area contributed by atoms with Crippen molar-refractivity contribution in [2.24, 2.45) is 7.05 Å². The van der Waals surface area contributed by atoms with Crippen molar-refractivity contribution < 1.29 is 22.3 Å². The van der Waals surface area contributed by atoms with Crippen molar-refractivity contribution in [2.45, 2.75) is 19.6 Å². The normalized spacial score (nSPS) is 14.8. The van der Waals surface area contributed by atoms with Crippen LogP contribution in [0, 0.1) is 5.82 Å². The van der Waals surface area contributed by atoms with Crippen molar-refractivity contribution in [1.29, 1.82) is 0 Å². The number of aryl methyl sites for hydroxylation is 1. The summed E-state index contributed by atoms with van der Waals surface area (Å²) < 4.78 is 61.4. The van der Waals surface area contributed by atoms with E-state index in [1.165, 1.54) is 0 Å². The number of nitrogens with one attached hydrogen (secondary N) is 2. The largest absolute Gasteiger partial charge is 0.457 e. The molecule has 0 atom stereocenters. The minimum absolute atomic E-state index is 0.171. The Kier molecular flexibility index (Phi) is 7.71. The van der Waals surface area contributed by atoms with E-state index in [1.54, 1.807) is 48.1 Å². The number of halogens is 4. The Morgan fingerprint density at radius 3 is 2.49 bits per heavy atom. The summed E-state index contributed by atoms with van der Waals surface area (Å²) in [6, 6.07) is 10.8. The number of aromatic amines is 1. The number of aromatic nitrogens is 6. The molecule has 0 unspecified atom stereocenters. The summed E-state index contributed by atoms with van der Waals surface area (Å²) in [6.45, 7) is 7.94. The van der Waals surface area contributed by atoms with Gasteiger partial charge in [-0.05, 0) is 42.9 Å². The van der Waals surface area contributed by atoms with Gasteiger partial charge in [-0.15, -0.1) is 0 Å². The van der Waals surface area contributed by atoms with E-state index < -0.39 is 17.6 Å². The molecule has 0 saturated carbocycles. The molecule has 43 heavy (non-hydrogen) atoms. The minimum Gasteiger partial charge on any atom is -0.457 e. The van der Waals surface area contributed by atoms with Gasteiger partial charge in [-0.3, -0.25) is 15.0 Å². The molecule has 0 radical (unpaired) electrons. The standard InChI is InChI=1S/C29H29F4N9O/c1-3-41-10-12-42(13-11-41)17-26-37-27(39-38-26)24-16-20(8-9-34-24)43-19-5-7-25-23(15-19)36-28(40(25)2)35-22-14-18(29(31,32)33)4-6-21(22)30/h4-9,14-16H,3,10-13,17H2,1-2H3,(H,35,36)(H,37,38,39). The number of piperazine rings is 1. The lowest BCUT2D eigenvalue weighted by Crippen LogP contribution is -2.45. The van der Waals surface area contributed by atoms with Gasteiger partial charge in [0.25, 0.3) is 0 Å². The predicted molar refractivity (Wildman–Crippen MR) is 152 cm³/mol. The molecule has 1 fully saturated rings. The molecule has 0 aliphatic carbocycles. The maximum absolute atomic E-state index is 14.3. The molecule has 10 nitrogen and oxygen atoms in total. The average Bonchev–Trinajstić information content (AvgIpc) is 3.58. The fraction of sp³-hybridized carbons (Fsp3) is 0.310. The summed E-state index contributed by atoms with van der Waals surface area (Å²) in [5, 5.41) is 10.0. The number of fused-ring (bicyclic) bond motifs is 1. The molecule has 14 heteroatoms. The van der Waals surface area contributed by atoms with Gasteiger partial charge in [0.15, 0.2) is 5.82 Å². The molecule has 224 valence electrons. The van der Waals surface area contributed by atoms with Crippen LogP contribution < -0.4 is 10.1 Å². The van der Waals surface area contributed by atoms with Gasteiger partial charge in [-0.2, -0.15) is 18.3 Å². The zero-order valence-electron chi connectivity index (χ0n) is 23.5. The lowest BCUT2D eigenvalue weighted by molar-refractivity contribution is -0.137. The van der Waals surface area contributed by atoms with Crippen LogP contribution in [-0.4, -0.2) is 72.2 Å². The van der Waals surface area contributed by atoms with E-state index in [9.17, 15) is 17.6 Å². The molecule has 0 spiro atoms. The molecular formula is C29H29F4N9O. The molecule has 1 aliphatic heterocycles. The highest BCUT2D eigenvalue weighted by atomic mass is 19.4. The Morgan fingerprint density at radius 2 is 1.72 bits per heavy atom. The summed E-state index contributed by atoms with van der Waals surface area (Å²) in [5.74, 6) is 1.55. The minimum atomic E-state index is -4.60. The summed E-state index contributed by atoms with van der Waals surface area (Å²) in [7, 11) is 1.68. The third-order valence-electron chi connectivity index (χ3n) is 7.41. The van der Waals surface area contributed by atoms with E-state index in [-0.39, 0.29) is 11.6 Å². The number of ether oxygens (including phenoxy) is 1. The molecule has 2 N–H and O–H groups in total. The van der Waals surface area contributed by atoms with Crippen molar-refractivity contribution in [2.75, 3.05) is 38.0 Å². The Morgan fingerprint density at radius 1 is 0.953 bits per heavy atom. The van der Waals surface area contributed by atoms with Crippen LogP contribution in [0.5, 0.6) is 11.5 Å². The first-order valence-electron chi connectivity index (χ1n) is 13.8. The van der Waals surface area contributed by atoms with Crippen LogP contribution in [0.25, 0.3) is 22.6 Å². The molecular weight excluding hydrogens is 566 g/mol. The second-order valence-corrected chi connectivity index (χ2v) is 10.3. The molecule has 0 amide bonds. The average molecular weight is 596 g/mol. The lowest BCUT2D eigenvalue weighted by Gasteiger charge is -2.33. The molecule has 3 aromatic heterocycles. The number of nitrogens with zero attached hydrogens (tertiary/aromatic N) is 7. The van der Waals surface area contributed by atoms with Crippen molar-refractivity contribution in [1.82, 2.24) is 39.5 Å². The Hall–Kier alpha value is -4.56. The van der Waals surface area contributed by atoms with E-state index in [2.05, 4.69) is 47.2 Å². The topological polar surface area (TPSA) is 100 Å². The van der Waals surface area contributed by atoms with E-state index in [0.29, 0.717) is 46.7 Å². The van der Waals surface area contributed by atoms with Gasteiger partial charge in [-0.1, -0.05) is 6.92 Å². The number of pyridine rings is 1. The highest BCUT2D eigenvalue weighted by Gasteiger charge is 2.31. The third-order valence-corrected chi connectivity index (χ3v) is 7.41. The number of imidazole rings is 1. The number of alkyl halides is 3. The number of hydrogen-bond donors (Lipinski definition) is 2. The van der Waals surface area contributed by atoms with Gasteiger partial charge >= 0.3 is 6.18 Å². The maximum Gasteiger partial charge on any atom is 0.416 e. The molecule has 1 aliphatic rings. The number of rotatable bonds is 8. The zero-order chi connectivity index (χ0) is 30.1. The van der Waals surface area contributed by atoms with Crippen molar-refractivity contribution >= 4 is 22.7 Å². The van der Waals surface area contributed by atoms with E-state index in [4.69, 9.17) is 4.74 Å². The Bertz CT molecular complexity index is 1740. The summed E-state index contributed by atoms with van der Waals surface area (Å²) in [4.78, 5) is 18.2. The molecule has 0 bridgehead atoms. The fourth-order valence-electron chi connectivity index (χ4n) is 4.96. The van der Waals surface area contributed by atoms with Gasteiger partial charge < -0.3 is 19.5 Å². The highest BCUT2D eigenvalue weighted by Crippen LogP contribution is 2.34. The van der Waals surface area contributed by atoms with Crippen LogP contribution in [0.4, 0.5) is 29.2 Å². The third kappa shape index (κ3) is 6.29. The monoisotopic (exact) mass is 595 g/mol. The number of H-pyrrole nitrogens is 1. The van der Waals surface area contributed by atoms with E-state index in [0.717, 1.165) is 50.7 Å². The molecule has 2 aromatic carbocycles. The number of benzene rings is 2. The quantitative estimate of drug-likeness (QED) is 0.224. The maximum atomic E-state index is 14.3. The van der Waals surface area contributed by atoms with Gasteiger partial charge in [0, 0.05) is 51.6 Å². The molecule has 5 aromatic rings. The van der Waals surface area contributed by atoms with Crippen molar-refractivity contribution in [3.05, 3.63) is 71.9 Å². The second-order valence-electron chi connectivity index (χ2n) is 10.3. The van der Waals surface area contributed by atoms with Crippen LogP contribution >= 0.6 is 0 Å². The van der Waals surface area contributed by atoms with Crippen LogP contribution in [0.15, 0.2) is 54.7 Å². The Labute approximate surface area is 244 Å². The second kappa shape index (κ2) is 11.6. The SMILES string of the molecule is CCN1CCN(Cc2nc(-c3cc(Oc4ccc5c(c4)nc(Nc4cc(C(F)(F)F)ccc4F)n5C)ccn3)n[nH]2)CC1. The first kappa shape index (κ1) is 28.6. The van der Waals surface area contributed by atoms with Crippen LogP contribution in [0.2, 0.25) is 0 Å².